The maximum atomic E-state index is 6.11. The van der Waals surface area contributed by atoms with Gasteiger partial charge >= 0.3 is 0 Å². The van der Waals surface area contributed by atoms with Crippen LogP contribution in [-0.2, 0) is 19.6 Å². The highest BCUT2D eigenvalue weighted by Gasteiger charge is 2.24. The third kappa shape index (κ3) is 3.51. The van der Waals surface area contributed by atoms with Crippen LogP contribution in [0.2, 0.25) is 5.02 Å². The minimum absolute atomic E-state index is 0.713. The smallest absolute Gasteiger partial charge is 0.193 e. The highest BCUT2D eigenvalue weighted by Crippen LogP contribution is 2.32. The zero-order valence-corrected chi connectivity index (χ0v) is 18.2. The zero-order valence-electron chi connectivity index (χ0n) is 16.6. The fourth-order valence-corrected chi connectivity index (χ4v) is 4.95. The quantitative estimate of drug-likeness (QED) is 0.461. The van der Waals surface area contributed by atoms with Crippen LogP contribution < -0.4 is 9.47 Å². The molecule has 2 aromatic heterocycles. The molecule has 7 nitrogen and oxygen atoms in total. The van der Waals surface area contributed by atoms with E-state index in [9.17, 15) is 0 Å². The minimum Gasteiger partial charge on any atom is -0.497 e. The Bertz CT molecular complexity index is 1220. The third-order valence-electron chi connectivity index (χ3n) is 5.26. The number of rotatable bonds is 5. The van der Waals surface area contributed by atoms with Crippen LogP contribution in [0.1, 0.15) is 11.4 Å². The maximum absolute atomic E-state index is 6.11. The van der Waals surface area contributed by atoms with Crippen LogP contribution >= 0.6 is 22.9 Å². The Balaban J connectivity index is 1.38. The summed E-state index contributed by atoms with van der Waals surface area (Å²) in [6, 6.07) is 11.7. The molecule has 1 aliphatic rings. The van der Waals surface area contributed by atoms with Gasteiger partial charge in [-0.3, -0.25) is 4.90 Å². The van der Waals surface area contributed by atoms with Crippen molar-refractivity contribution in [2.75, 3.05) is 20.8 Å². The number of aromatic nitrogens is 4. The van der Waals surface area contributed by atoms with Gasteiger partial charge in [0.15, 0.2) is 10.8 Å². The van der Waals surface area contributed by atoms with Crippen LogP contribution in [-0.4, -0.2) is 45.4 Å². The van der Waals surface area contributed by atoms with Crippen molar-refractivity contribution in [3.63, 3.8) is 0 Å². The van der Waals surface area contributed by atoms with E-state index >= 15 is 0 Å². The Hall–Kier alpha value is -2.68. The molecule has 0 amide bonds. The Labute approximate surface area is 182 Å². The number of methoxy groups -OCH3 is 2. The van der Waals surface area contributed by atoms with Crippen molar-refractivity contribution in [2.24, 2.45) is 0 Å². The molecule has 0 bridgehead atoms. The van der Waals surface area contributed by atoms with Crippen LogP contribution in [0.4, 0.5) is 0 Å². The molecular formula is C21H20ClN5O2S. The number of benzene rings is 2. The number of fused-ring (bicyclic) bond motifs is 2. The molecule has 0 fully saturated rings. The summed E-state index contributed by atoms with van der Waals surface area (Å²) in [6.07, 6.45) is 0. The summed E-state index contributed by atoms with van der Waals surface area (Å²) in [5, 5.41) is 10.5. The highest BCUT2D eigenvalue weighted by molar-refractivity contribution is 7.21. The Morgan fingerprint density at radius 2 is 1.97 bits per heavy atom. The number of hydrogen-bond acceptors (Lipinski definition) is 7. The SMILES string of the molecule is COc1ccc(CN2CCn3c(nnc3-c3nc4ccc(Cl)cc4s3)C2)c(OC)c1. The van der Waals surface area contributed by atoms with Gasteiger partial charge in [0, 0.05) is 36.3 Å². The first-order valence-electron chi connectivity index (χ1n) is 9.56. The predicted octanol–water partition coefficient (Wildman–Crippen LogP) is 4.24. The zero-order chi connectivity index (χ0) is 20.7. The molecule has 0 spiro atoms. The van der Waals surface area contributed by atoms with Crippen molar-refractivity contribution < 1.29 is 9.47 Å². The van der Waals surface area contributed by atoms with E-state index in [0.29, 0.717) is 5.02 Å². The second-order valence-electron chi connectivity index (χ2n) is 7.11. The van der Waals surface area contributed by atoms with Gasteiger partial charge in [-0.15, -0.1) is 21.5 Å². The van der Waals surface area contributed by atoms with E-state index in [1.54, 1.807) is 25.6 Å². The van der Waals surface area contributed by atoms with Gasteiger partial charge in [-0.25, -0.2) is 4.98 Å². The van der Waals surface area contributed by atoms with Gasteiger partial charge in [-0.1, -0.05) is 17.7 Å². The predicted molar refractivity (Wildman–Crippen MR) is 117 cm³/mol. The molecule has 4 aromatic rings. The standard InChI is InChI=1S/C21H20ClN5O2S/c1-28-15-5-3-13(17(10-15)29-2)11-26-7-8-27-19(12-26)24-25-20(27)21-23-16-6-4-14(22)9-18(16)30-21/h3-6,9-10H,7-8,11-12H2,1-2H3. The van der Waals surface area contributed by atoms with Gasteiger partial charge in [0.2, 0.25) is 0 Å². The molecule has 0 N–H and O–H groups in total. The lowest BCUT2D eigenvalue weighted by molar-refractivity contribution is 0.207. The van der Waals surface area contributed by atoms with Gasteiger partial charge in [0.1, 0.15) is 17.3 Å². The van der Waals surface area contributed by atoms with Gasteiger partial charge < -0.3 is 14.0 Å². The topological polar surface area (TPSA) is 65.3 Å². The summed E-state index contributed by atoms with van der Waals surface area (Å²) >= 11 is 7.71. The summed E-state index contributed by atoms with van der Waals surface area (Å²) in [4.78, 5) is 7.07. The number of ether oxygens (including phenoxy) is 2. The van der Waals surface area contributed by atoms with E-state index in [1.807, 2.05) is 30.3 Å². The van der Waals surface area contributed by atoms with E-state index < -0.39 is 0 Å². The van der Waals surface area contributed by atoms with Crippen molar-refractivity contribution in [3.8, 4) is 22.3 Å². The normalized spacial score (nSPS) is 14.1. The third-order valence-corrected chi connectivity index (χ3v) is 6.51. The molecule has 30 heavy (non-hydrogen) atoms. The number of nitrogens with zero attached hydrogens (tertiary/aromatic N) is 5. The van der Waals surface area contributed by atoms with Crippen molar-refractivity contribution in [1.82, 2.24) is 24.6 Å². The molecular weight excluding hydrogens is 422 g/mol. The minimum atomic E-state index is 0.713. The van der Waals surface area contributed by atoms with Crippen LogP contribution in [0.15, 0.2) is 36.4 Å². The second-order valence-corrected chi connectivity index (χ2v) is 8.58. The van der Waals surface area contributed by atoms with Crippen LogP contribution in [0, 0.1) is 0 Å². The maximum Gasteiger partial charge on any atom is 0.193 e. The fourth-order valence-electron chi connectivity index (χ4n) is 3.72. The first-order valence-corrected chi connectivity index (χ1v) is 10.8. The molecule has 0 aliphatic carbocycles. The van der Waals surface area contributed by atoms with Crippen molar-refractivity contribution in [1.29, 1.82) is 0 Å². The van der Waals surface area contributed by atoms with Gasteiger partial charge in [0.05, 0.1) is 31.0 Å². The second kappa shape index (κ2) is 7.86. The number of hydrogen-bond donors (Lipinski definition) is 0. The average Bonchev–Trinajstić information content (AvgIpc) is 3.37. The van der Waals surface area contributed by atoms with E-state index in [1.165, 1.54) is 0 Å². The van der Waals surface area contributed by atoms with Crippen molar-refractivity contribution >= 4 is 33.2 Å². The summed E-state index contributed by atoms with van der Waals surface area (Å²) in [5.74, 6) is 3.39. The van der Waals surface area contributed by atoms with E-state index in [2.05, 4.69) is 25.7 Å². The van der Waals surface area contributed by atoms with Crippen molar-refractivity contribution in [3.05, 3.63) is 52.8 Å². The lowest BCUT2D eigenvalue weighted by atomic mass is 10.1. The Morgan fingerprint density at radius 1 is 1.07 bits per heavy atom. The Morgan fingerprint density at radius 3 is 2.80 bits per heavy atom. The summed E-state index contributed by atoms with van der Waals surface area (Å²) < 4.78 is 14.1. The largest absolute Gasteiger partial charge is 0.497 e. The molecule has 2 aromatic carbocycles. The van der Waals surface area contributed by atoms with E-state index in [-0.39, 0.29) is 0 Å². The molecule has 154 valence electrons. The Kier molecular flexibility index (Phi) is 5.06. The lowest BCUT2D eigenvalue weighted by Gasteiger charge is -2.28. The number of halogens is 1. The lowest BCUT2D eigenvalue weighted by Crippen LogP contribution is -2.33. The molecule has 0 saturated heterocycles. The first-order chi connectivity index (χ1) is 14.6. The first kappa shape index (κ1) is 19.3. The highest BCUT2D eigenvalue weighted by atomic mass is 35.5. The summed E-state index contributed by atoms with van der Waals surface area (Å²) in [7, 11) is 3.34. The van der Waals surface area contributed by atoms with Crippen LogP contribution in [0.5, 0.6) is 11.5 Å². The van der Waals surface area contributed by atoms with Crippen LogP contribution in [0.25, 0.3) is 21.0 Å². The number of thiazole rings is 1. The van der Waals surface area contributed by atoms with Gasteiger partial charge in [-0.05, 0) is 24.3 Å². The molecule has 5 rings (SSSR count). The molecule has 9 heteroatoms. The summed E-state index contributed by atoms with van der Waals surface area (Å²) in [6.45, 7) is 3.20. The monoisotopic (exact) mass is 441 g/mol. The fraction of sp³-hybridized carbons (Fsp3) is 0.286. The molecule has 0 atom stereocenters. The van der Waals surface area contributed by atoms with Crippen LogP contribution in [0.3, 0.4) is 0 Å². The van der Waals surface area contributed by atoms with E-state index in [0.717, 1.165) is 70.1 Å². The van der Waals surface area contributed by atoms with Gasteiger partial charge in [-0.2, -0.15) is 0 Å². The van der Waals surface area contributed by atoms with Gasteiger partial charge in [0.25, 0.3) is 0 Å². The molecule has 3 heterocycles. The molecule has 0 saturated carbocycles. The molecule has 1 aliphatic heterocycles. The summed E-state index contributed by atoms with van der Waals surface area (Å²) in [5.41, 5.74) is 2.05. The van der Waals surface area contributed by atoms with Crippen molar-refractivity contribution in [2.45, 2.75) is 19.6 Å². The van der Waals surface area contributed by atoms with E-state index in [4.69, 9.17) is 26.1 Å². The molecule has 0 radical (unpaired) electrons. The molecule has 0 unspecified atom stereocenters. The average molecular weight is 442 g/mol.